The van der Waals surface area contributed by atoms with Crippen molar-refractivity contribution in [2.24, 2.45) is 0 Å². The van der Waals surface area contributed by atoms with Crippen molar-refractivity contribution >= 4 is 23.2 Å². The lowest BCUT2D eigenvalue weighted by Crippen LogP contribution is -2.33. The molecular formula is C28H52FN2O12P3. The van der Waals surface area contributed by atoms with E-state index in [1.54, 1.807) is 0 Å². The summed E-state index contributed by atoms with van der Waals surface area (Å²) in [6.07, 6.45) is 13.7. The van der Waals surface area contributed by atoms with Gasteiger partial charge in [-0.1, -0.05) is 103 Å². The molecule has 0 amide bonds. The predicted octanol–water partition coefficient (Wildman–Crippen LogP) is 7.17. The van der Waals surface area contributed by atoms with Crippen LogP contribution in [0.5, 0.6) is 0 Å². The Morgan fingerprint density at radius 1 is 0.848 bits per heavy atom. The number of alkyl halides is 1. The zero-order valence-electron chi connectivity index (χ0n) is 26.9. The van der Waals surface area contributed by atoms with Crippen molar-refractivity contribution < 1.29 is 50.6 Å². The summed E-state index contributed by atoms with van der Waals surface area (Å²) in [4.78, 5) is 55.3. The lowest BCUT2D eigenvalue weighted by atomic mass is 10.0. The van der Waals surface area contributed by atoms with Gasteiger partial charge in [-0.25, -0.2) is 22.6 Å². The summed E-state index contributed by atoms with van der Waals surface area (Å²) in [7, 11) is -15.6. The fourth-order valence-electron chi connectivity index (χ4n) is 5.21. The Morgan fingerprint density at radius 3 is 1.87 bits per heavy atom. The van der Waals surface area contributed by atoms with Crippen LogP contribution in [0.3, 0.4) is 0 Å². The Labute approximate surface area is 270 Å². The molecule has 0 bridgehead atoms. The van der Waals surface area contributed by atoms with Crippen molar-refractivity contribution in [1.29, 1.82) is 0 Å². The van der Waals surface area contributed by atoms with E-state index in [4.69, 9.17) is 4.74 Å². The molecule has 46 heavy (non-hydrogen) atoms. The number of phosphoric acid groups is 2. The van der Waals surface area contributed by atoms with Gasteiger partial charge in [-0.15, -0.1) is 0 Å². The zero-order valence-corrected chi connectivity index (χ0v) is 29.6. The number of phosphoric ester groups is 1. The average molecular weight is 721 g/mol. The Kier molecular flexibility index (Phi) is 18.4. The molecule has 0 aliphatic carbocycles. The van der Waals surface area contributed by atoms with Gasteiger partial charge < -0.3 is 19.4 Å². The summed E-state index contributed by atoms with van der Waals surface area (Å²) in [5, 5.41) is 0. The average Bonchev–Trinajstić information content (AvgIpc) is 3.32. The van der Waals surface area contributed by atoms with Crippen LogP contribution in [0.4, 0.5) is 4.39 Å². The first-order chi connectivity index (χ1) is 21.6. The summed E-state index contributed by atoms with van der Waals surface area (Å²) in [6, 6.07) is 0. The Morgan fingerprint density at radius 2 is 1.35 bits per heavy atom. The molecule has 6 atom stereocenters. The van der Waals surface area contributed by atoms with E-state index < -0.39 is 65.8 Å². The Balaban J connectivity index is 1.61. The van der Waals surface area contributed by atoms with Gasteiger partial charge in [0.2, 0.25) is 0 Å². The number of halogens is 1. The summed E-state index contributed by atoms with van der Waals surface area (Å²) >= 11 is 0. The van der Waals surface area contributed by atoms with E-state index in [1.165, 1.54) is 77.3 Å². The van der Waals surface area contributed by atoms with Crippen molar-refractivity contribution in [2.75, 3.05) is 12.8 Å². The van der Waals surface area contributed by atoms with Gasteiger partial charge >= 0.3 is 28.9 Å². The molecular weight excluding hydrogens is 668 g/mol. The van der Waals surface area contributed by atoms with Crippen LogP contribution < -0.4 is 11.2 Å². The molecule has 2 rings (SSSR count). The largest absolute Gasteiger partial charge is 0.488 e. The first-order valence-electron chi connectivity index (χ1n) is 16.3. The molecule has 14 nitrogen and oxygen atoms in total. The molecule has 0 spiro atoms. The van der Waals surface area contributed by atoms with Crippen LogP contribution in [0.1, 0.15) is 128 Å². The minimum absolute atomic E-state index is 0.168. The zero-order chi connectivity index (χ0) is 34.2. The normalized spacial score (nSPS) is 22.3. The summed E-state index contributed by atoms with van der Waals surface area (Å²) < 4.78 is 70.6. The quantitative estimate of drug-likeness (QED) is 0.0587. The molecule has 1 aliphatic heterocycles. The molecule has 1 aromatic rings. The third-order valence-electron chi connectivity index (χ3n) is 7.75. The van der Waals surface area contributed by atoms with E-state index >= 15 is 0 Å². The predicted molar refractivity (Wildman–Crippen MR) is 171 cm³/mol. The van der Waals surface area contributed by atoms with Gasteiger partial charge in [0.05, 0.1) is 12.8 Å². The van der Waals surface area contributed by atoms with E-state index in [0.29, 0.717) is 6.42 Å². The highest BCUT2D eigenvalue weighted by Crippen LogP contribution is 2.67. The number of unbranched alkanes of at least 4 members (excludes halogenated alkanes) is 15. The number of ether oxygens (including phenoxy) is 1. The number of aryl methyl sites for hydroxylation is 1. The third-order valence-corrected chi connectivity index (χ3v) is 12.6. The highest BCUT2D eigenvalue weighted by molar-refractivity contribution is 7.68. The van der Waals surface area contributed by atoms with Gasteiger partial charge in [-0.2, -0.15) is 4.31 Å². The van der Waals surface area contributed by atoms with Crippen molar-refractivity contribution in [1.82, 2.24) is 9.55 Å². The van der Waals surface area contributed by atoms with Crippen LogP contribution in [-0.4, -0.2) is 49.3 Å². The van der Waals surface area contributed by atoms with E-state index in [2.05, 4.69) is 25.1 Å². The molecule has 268 valence electrons. The fraction of sp³-hybridized carbons (Fsp3) is 0.857. The number of nitrogens with zero attached hydrogens (tertiary/aromatic N) is 1. The smallest absolute Gasteiger partial charge is 0.349 e. The molecule has 4 unspecified atom stereocenters. The number of rotatable bonds is 25. The second-order valence-electron chi connectivity index (χ2n) is 11.9. The SMILES string of the molecule is CCCCCCCCCCCCCCCCCCP(=O)(O)OP(=O)(O)OP(=O)(O)OC[C@H]1O[C@@H](n2cc(C)c(=O)[nH]c2=O)CC1F. The van der Waals surface area contributed by atoms with Gasteiger partial charge in [0, 0.05) is 18.2 Å². The van der Waals surface area contributed by atoms with Crippen LogP contribution in [0.15, 0.2) is 15.8 Å². The first kappa shape index (κ1) is 41.2. The van der Waals surface area contributed by atoms with Gasteiger partial charge in [0.25, 0.3) is 5.56 Å². The number of aromatic amines is 1. The molecule has 0 radical (unpaired) electrons. The Bertz CT molecular complexity index is 1310. The van der Waals surface area contributed by atoms with Crippen LogP contribution >= 0.6 is 23.2 Å². The fourth-order valence-corrected chi connectivity index (χ4v) is 9.40. The maximum atomic E-state index is 14.5. The molecule has 0 saturated carbocycles. The Hall–Kier alpha value is -0.980. The van der Waals surface area contributed by atoms with E-state index in [-0.39, 0.29) is 18.4 Å². The molecule has 1 saturated heterocycles. The molecule has 4 N–H and O–H groups in total. The maximum Gasteiger partial charge on any atom is 0.488 e. The van der Waals surface area contributed by atoms with Gasteiger partial charge in [-0.05, 0) is 13.3 Å². The van der Waals surface area contributed by atoms with E-state index in [9.17, 15) is 42.4 Å². The maximum absolute atomic E-state index is 14.5. The minimum atomic E-state index is -5.55. The number of hydrogen-bond acceptors (Lipinski definition) is 9. The highest BCUT2D eigenvalue weighted by Gasteiger charge is 2.43. The van der Waals surface area contributed by atoms with Crippen molar-refractivity contribution in [3.8, 4) is 0 Å². The van der Waals surface area contributed by atoms with Crippen LogP contribution in [0.25, 0.3) is 0 Å². The van der Waals surface area contributed by atoms with Crippen molar-refractivity contribution in [3.05, 3.63) is 32.6 Å². The van der Waals surface area contributed by atoms with E-state index in [1.807, 2.05) is 0 Å². The minimum Gasteiger partial charge on any atom is -0.349 e. The number of aromatic nitrogens is 2. The molecule has 18 heteroatoms. The van der Waals surface area contributed by atoms with E-state index in [0.717, 1.165) is 30.3 Å². The molecule has 2 heterocycles. The molecule has 1 aromatic heterocycles. The van der Waals surface area contributed by atoms with Crippen LogP contribution in [0, 0.1) is 6.92 Å². The molecule has 1 fully saturated rings. The van der Waals surface area contributed by atoms with Crippen molar-refractivity contribution in [2.45, 2.75) is 142 Å². The summed E-state index contributed by atoms with van der Waals surface area (Å²) in [5.74, 6) is 0. The second kappa shape index (κ2) is 20.5. The lowest BCUT2D eigenvalue weighted by Gasteiger charge is -2.20. The monoisotopic (exact) mass is 720 g/mol. The third kappa shape index (κ3) is 16.4. The van der Waals surface area contributed by atoms with Crippen molar-refractivity contribution in [3.63, 3.8) is 0 Å². The highest BCUT2D eigenvalue weighted by atomic mass is 31.3. The summed E-state index contributed by atoms with van der Waals surface area (Å²) in [6.45, 7) is 2.72. The summed E-state index contributed by atoms with van der Waals surface area (Å²) in [5.41, 5.74) is -1.31. The van der Waals surface area contributed by atoms with Gasteiger partial charge in [-0.3, -0.25) is 23.4 Å². The molecule has 1 aliphatic rings. The number of hydrogen-bond donors (Lipinski definition) is 4. The van der Waals surface area contributed by atoms with Gasteiger partial charge in [0.15, 0.2) is 0 Å². The topological polar surface area (TPSA) is 204 Å². The van der Waals surface area contributed by atoms with Gasteiger partial charge in [0.1, 0.15) is 18.5 Å². The first-order valence-corrected chi connectivity index (χ1v) is 21.1. The lowest BCUT2D eigenvalue weighted by molar-refractivity contribution is -0.0350. The molecule has 0 aromatic carbocycles. The number of nitrogens with one attached hydrogen (secondary N) is 1. The second-order valence-corrected chi connectivity index (χ2v) is 17.1. The van der Waals surface area contributed by atoms with Crippen LogP contribution in [0.2, 0.25) is 0 Å². The number of H-pyrrole nitrogens is 1. The standard InChI is InChI=1S/C28H52FN2O12P3/c1-3-4-5-6-7-8-9-10-11-12-13-14-15-16-17-18-19-44(34,35)42-46(38,39)43-45(36,37)40-22-25-24(29)20-26(41-25)31-21-23(2)27(32)30-28(31)33/h21,24-26H,3-20,22H2,1-2H3,(H,34,35)(H,36,37)(H,38,39)(H,30,32,33)/t24?,25-,26-/m1/s1. The van der Waals surface area contributed by atoms with Crippen LogP contribution in [-0.2, 0) is 31.6 Å².